The molecular weight excluding hydrogens is 370 g/mol. The third-order valence-corrected chi connectivity index (χ3v) is 6.45. The first-order valence-electron chi connectivity index (χ1n) is 9.14. The Kier molecular flexibility index (Phi) is 5.01. The summed E-state index contributed by atoms with van der Waals surface area (Å²) in [5, 5.41) is 10.7. The van der Waals surface area contributed by atoms with E-state index in [1.165, 1.54) is 0 Å². The predicted molar refractivity (Wildman–Crippen MR) is 111 cm³/mol. The largest absolute Gasteiger partial charge is 0.497 e. The first-order chi connectivity index (χ1) is 13.6. The average molecular weight is 391 g/mol. The highest BCUT2D eigenvalue weighted by Gasteiger charge is 2.38. The topological polar surface area (TPSA) is 56.6 Å². The van der Waals surface area contributed by atoms with Crippen LogP contribution in [0.3, 0.4) is 0 Å². The molecule has 1 atom stereocenters. The maximum atomic E-state index is 13.0. The number of ether oxygens (including phenoxy) is 1. The van der Waals surface area contributed by atoms with E-state index in [-0.39, 0.29) is 11.8 Å². The fraction of sp³-hybridized carbons (Fsp3) is 0.273. The summed E-state index contributed by atoms with van der Waals surface area (Å²) in [6, 6.07) is 18.2. The van der Waals surface area contributed by atoms with Crippen molar-refractivity contribution in [3.05, 3.63) is 70.3 Å². The summed E-state index contributed by atoms with van der Waals surface area (Å²) >= 11 is 1.56. The molecule has 1 saturated heterocycles. The fourth-order valence-electron chi connectivity index (χ4n) is 3.76. The zero-order chi connectivity index (χ0) is 19.7. The van der Waals surface area contributed by atoms with Gasteiger partial charge in [-0.1, -0.05) is 36.0 Å². The van der Waals surface area contributed by atoms with Gasteiger partial charge in [0.25, 0.3) is 0 Å². The number of thioether (sulfide) groups is 1. The number of aryl methyl sites for hydroxylation is 1. The minimum atomic E-state index is -0.162. The molecule has 0 unspecified atom stereocenters. The van der Waals surface area contributed by atoms with Gasteiger partial charge in [0.1, 0.15) is 5.75 Å². The molecule has 2 aliphatic rings. The van der Waals surface area contributed by atoms with Gasteiger partial charge in [0.05, 0.1) is 36.3 Å². The van der Waals surface area contributed by atoms with Crippen molar-refractivity contribution >= 4 is 23.4 Å². The van der Waals surface area contributed by atoms with E-state index in [2.05, 4.69) is 11.0 Å². The second kappa shape index (κ2) is 7.61. The number of allylic oxidation sites excluding steroid dienone is 1. The Hall–Kier alpha value is -2.91. The summed E-state index contributed by atoms with van der Waals surface area (Å²) in [5.74, 6) is 1.39. The van der Waals surface area contributed by atoms with Crippen molar-refractivity contribution < 1.29 is 9.53 Å². The lowest BCUT2D eigenvalue weighted by Gasteiger charge is -2.42. The summed E-state index contributed by atoms with van der Waals surface area (Å²) < 4.78 is 5.22. The molecule has 0 saturated carbocycles. The molecule has 0 spiro atoms. The molecule has 1 fully saturated rings. The van der Waals surface area contributed by atoms with Crippen molar-refractivity contribution in [2.75, 3.05) is 24.6 Å². The Morgan fingerprint density at radius 1 is 1.18 bits per heavy atom. The number of carbonyl (C=O) groups is 1. The fourth-order valence-corrected chi connectivity index (χ4v) is 4.93. The number of benzene rings is 2. The van der Waals surface area contributed by atoms with E-state index in [1.54, 1.807) is 23.8 Å². The van der Waals surface area contributed by atoms with E-state index in [4.69, 9.17) is 4.74 Å². The van der Waals surface area contributed by atoms with Gasteiger partial charge in [0.15, 0.2) is 0 Å². The third-order valence-electron chi connectivity index (χ3n) is 5.29. The van der Waals surface area contributed by atoms with Crippen LogP contribution < -0.4 is 9.64 Å². The van der Waals surface area contributed by atoms with Gasteiger partial charge in [0, 0.05) is 18.0 Å². The standard InChI is InChI=1S/C22H21N3O2S/c1-15-5-3-4-6-18(15)19-11-21(26)25-13-24(14-28-22(25)20(19)12-23)16-7-9-17(27-2)10-8-16/h3-10,19H,11,13-14H2,1-2H3/t19-/m1/s1. The Bertz CT molecular complexity index is 978. The van der Waals surface area contributed by atoms with Crippen molar-refractivity contribution in [3.63, 3.8) is 0 Å². The Balaban J connectivity index is 1.65. The second-order valence-electron chi connectivity index (χ2n) is 6.92. The molecular formula is C22H21N3O2S. The number of amides is 1. The minimum absolute atomic E-state index is 0.0629. The normalized spacial score (nSPS) is 19.3. The summed E-state index contributed by atoms with van der Waals surface area (Å²) in [6.07, 6.45) is 0.328. The van der Waals surface area contributed by atoms with Crippen LogP contribution in [0.15, 0.2) is 59.1 Å². The number of rotatable bonds is 3. The van der Waals surface area contributed by atoms with E-state index in [0.29, 0.717) is 24.5 Å². The van der Waals surface area contributed by atoms with Crippen LogP contribution in [0, 0.1) is 18.3 Å². The maximum Gasteiger partial charge on any atom is 0.229 e. The number of carbonyl (C=O) groups excluding carboxylic acids is 1. The lowest BCUT2D eigenvalue weighted by molar-refractivity contribution is -0.129. The Morgan fingerprint density at radius 3 is 2.61 bits per heavy atom. The number of hydrogen-bond acceptors (Lipinski definition) is 5. The molecule has 5 nitrogen and oxygen atoms in total. The van der Waals surface area contributed by atoms with Gasteiger partial charge in [0.2, 0.25) is 5.91 Å². The van der Waals surface area contributed by atoms with Gasteiger partial charge in [-0.3, -0.25) is 9.69 Å². The molecule has 28 heavy (non-hydrogen) atoms. The van der Waals surface area contributed by atoms with Crippen LogP contribution in [0.4, 0.5) is 5.69 Å². The van der Waals surface area contributed by atoms with Crippen molar-refractivity contribution in [1.29, 1.82) is 5.26 Å². The number of fused-ring (bicyclic) bond motifs is 1. The highest BCUT2D eigenvalue weighted by atomic mass is 32.2. The van der Waals surface area contributed by atoms with E-state index in [1.807, 2.05) is 55.5 Å². The molecule has 0 aliphatic carbocycles. The average Bonchev–Trinajstić information content (AvgIpc) is 2.74. The molecule has 142 valence electrons. The van der Waals surface area contributed by atoms with E-state index in [9.17, 15) is 10.1 Å². The van der Waals surface area contributed by atoms with Crippen molar-refractivity contribution in [2.24, 2.45) is 0 Å². The molecule has 0 aromatic heterocycles. The molecule has 2 aliphatic heterocycles. The zero-order valence-corrected chi connectivity index (χ0v) is 16.7. The first-order valence-corrected chi connectivity index (χ1v) is 10.1. The van der Waals surface area contributed by atoms with Crippen LogP contribution in [0.2, 0.25) is 0 Å². The molecule has 4 rings (SSSR count). The monoisotopic (exact) mass is 391 g/mol. The van der Waals surface area contributed by atoms with Crippen molar-refractivity contribution in [2.45, 2.75) is 19.3 Å². The summed E-state index contributed by atoms with van der Waals surface area (Å²) in [4.78, 5) is 16.9. The molecule has 0 radical (unpaired) electrons. The summed E-state index contributed by atoms with van der Waals surface area (Å²) in [6.45, 7) is 2.49. The van der Waals surface area contributed by atoms with Gasteiger partial charge >= 0.3 is 0 Å². The van der Waals surface area contributed by atoms with Crippen LogP contribution in [0.25, 0.3) is 0 Å². The van der Waals surface area contributed by atoms with Gasteiger partial charge in [-0.25, -0.2) is 0 Å². The molecule has 2 aromatic carbocycles. The zero-order valence-electron chi connectivity index (χ0n) is 15.9. The number of nitrogens with zero attached hydrogens (tertiary/aromatic N) is 3. The highest BCUT2D eigenvalue weighted by molar-refractivity contribution is 8.03. The van der Waals surface area contributed by atoms with Crippen LogP contribution in [0.5, 0.6) is 5.75 Å². The predicted octanol–water partition coefficient (Wildman–Crippen LogP) is 4.22. The third kappa shape index (κ3) is 3.23. The van der Waals surface area contributed by atoms with E-state index >= 15 is 0 Å². The number of anilines is 1. The quantitative estimate of drug-likeness (QED) is 0.784. The lowest BCUT2D eigenvalue weighted by Crippen LogP contribution is -2.47. The van der Waals surface area contributed by atoms with Gasteiger partial charge in [-0.15, -0.1) is 0 Å². The first kappa shape index (κ1) is 18.5. The Morgan fingerprint density at radius 2 is 1.93 bits per heavy atom. The number of nitriles is 1. The lowest BCUT2D eigenvalue weighted by atomic mass is 9.84. The van der Waals surface area contributed by atoms with Crippen LogP contribution in [0.1, 0.15) is 23.5 Å². The number of methoxy groups -OCH3 is 1. The Labute approximate surface area is 169 Å². The van der Waals surface area contributed by atoms with E-state index in [0.717, 1.165) is 27.6 Å². The molecule has 2 heterocycles. The van der Waals surface area contributed by atoms with Crippen LogP contribution >= 0.6 is 11.8 Å². The maximum absolute atomic E-state index is 13.0. The second-order valence-corrected chi connectivity index (χ2v) is 7.85. The molecule has 1 amide bonds. The van der Waals surface area contributed by atoms with E-state index < -0.39 is 0 Å². The van der Waals surface area contributed by atoms with Crippen LogP contribution in [-0.2, 0) is 4.79 Å². The summed E-state index contributed by atoms with van der Waals surface area (Å²) in [5.41, 5.74) is 3.91. The molecule has 0 bridgehead atoms. The SMILES string of the molecule is COc1ccc(N2CSC3=C(C#N)[C@@H](c4ccccc4C)CC(=O)N3C2)cc1. The number of hydrogen-bond donors (Lipinski definition) is 0. The molecule has 2 aromatic rings. The molecule has 6 heteroatoms. The smallest absolute Gasteiger partial charge is 0.229 e. The highest BCUT2D eigenvalue weighted by Crippen LogP contribution is 2.43. The summed E-state index contributed by atoms with van der Waals surface area (Å²) in [7, 11) is 1.64. The minimum Gasteiger partial charge on any atom is -0.497 e. The van der Waals surface area contributed by atoms with Crippen molar-refractivity contribution in [1.82, 2.24) is 4.90 Å². The van der Waals surface area contributed by atoms with Crippen LogP contribution in [-0.4, -0.2) is 30.5 Å². The van der Waals surface area contributed by atoms with Gasteiger partial charge in [-0.2, -0.15) is 5.26 Å². The van der Waals surface area contributed by atoms with Gasteiger partial charge in [-0.05, 0) is 42.3 Å². The van der Waals surface area contributed by atoms with Crippen molar-refractivity contribution in [3.8, 4) is 11.8 Å². The van der Waals surface area contributed by atoms with Gasteiger partial charge < -0.3 is 9.64 Å². The molecule has 0 N–H and O–H groups in total.